The van der Waals surface area contributed by atoms with Gasteiger partial charge in [-0.05, 0) is 66.8 Å². The smallest absolute Gasteiger partial charge is 0.313 e. The highest BCUT2D eigenvalue weighted by Crippen LogP contribution is 2.42. The maximum atomic E-state index is 13.3. The Morgan fingerprint density at radius 3 is 2.59 bits per heavy atom. The molecule has 1 aliphatic heterocycles. The molecule has 2 fully saturated rings. The van der Waals surface area contributed by atoms with Crippen LogP contribution in [0.1, 0.15) is 55.7 Å². The highest BCUT2D eigenvalue weighted by atomic mass is 19.1. The molecule has 1 aromatic carbocycles. The van der Waals surface area contributed by atoms with E-state index in [1.165, 1.54) is 18.3 Å². The number of nitrogens with two attached hydrogens (primary N) is 1. The number of benzene rings is 1. The van der Waals surface area contributed by atoms with Crippen LogP contribution in [0.4, 0.5) is 15.9 Å². The van der Waals surface area contributed by atoms with Crippen molar-refractivity contribution in [2.75, 3.05) is 17.6 Å². The zero-order chi connectivity index (χ0) is 20.5. The molecule has 3 N–H and O–H groups in total. The largest absolute Gasteiger partial charge is 0.383 e. The van der Waals surface area contributed by atoms with Crippen LogP contribution in [0.5, 0.6) is 0 Å². The molecule has 1 saturated heterocycles. The molecule has 1 aliphatic carbocycles. The lowest BCUT2D eigenvalue weighted by Crippen LogP contribution is -2.46. The van der Waals surface area contributed by atoms with Crippen molar-refractivity contribution in [3.05, 3.63) is 53.5 Å². The van der Waals surface area contributed by atoms with Gasteiger partial charge in [-0.15, -0.1) is 0 Å². The third kappa shape index (κ3) is 4.23. The molecule has 2 aromatic rings. The van der Waals surface area contributed by atoms with Gasteiger partial charge in [0.25, 0.3) is 0 Å². The molecule has 2 heterocycles. The summed E-state index contributed by atoms with van der Waals surface area (Å²) in [7, 11) is 0. The molecule has 1 aromatic heterocycles. The van der Waals surface area contributed by atoms with E-state index >= 15 is 0 Å². The molecule has 152 valence electrons. The highest BCUT2D eigenvalue weighted by Gasteiger charge is 2.34. The van der Waals surface area contributed by atoms with Crippen molar-refractivity contribution < 1.29 is 14.0 Å². The van der Waals surface area contributed by atoms with Gasteiger partial charge in [0.1, 0.15) is 11.6 Å². The summed E-state index contributed by atoms with van der Waals surface area (Å²) in [6.07, 6.45) is 5.28. The minimum absolute atomic E-state index is 0.239. The zero-order valence-electron chi connectivity index (χ0n) is 16.4. The third-order valence-corrected chi connectivity index (χ3v) is 5.75. The second kappa shape index (κ2) is 7.81. The summed E-state index contributed by atoms with van der Waals surface area (Å²) in [5.74, 6) is -0.451. The number of aromatic nitrogens is 1. The Morgan fingerprint density at radius 2 is 1.90 bits per heavy atom. The number of piperidine rings is 1. The maximum absolute atomic E-state index is 13.3. The number of nitrogens with zero attached hydrogens (tertiary/aromatic N) is 2. The first-order valence-electron chi connectivity index (χ1n) is 10.0. The second-order valence-corrected chi connectivity index (χ2v) is 8.13. The number of rotatable bonds is 3. The molecule has 2 aliphatic rings. The molecule has 0 spiro atoms. The normalized spacial score (nSPS) is 21.7. The van der Waals surface area contributed by atoms with Gasteiger partial charge in [-0.3, -0.25) is 9.59 Å². The van der Waals surface area contributed by atoms with E-state index in [-0.39, 0.29) is 11.9 Å². The average molecular weight is 396 g/mol. The van der Waals surface area contributed by atoms with E-state index in [4.69, 9.17) is 5.73 Å². The number of nitrogens with one attached hydrogen (secondary N) is 1. The molecule has 2 amide bonds. The summed E-state index contributed by atoms with van der Waals surface area (Å²) in [5, 5.41) is 2.68. The topological polar surface area (TPSA) is 88.3 Å². The quantitative estimate of drug-likeness (QED) is 0.776. The number of hydrogen-bond donors (Lipinski definition) is 2. The molecule has 0 bridgehead atoms. The Bertz CT molecular complexity index is 927. The van der Waals surface area contributed by atoms with Crippen molar-refractivity contribution in [3.63, 3.8) is 0 Å². The van der Waals surface area contributed by atoms with Crippen molar-refractivity contribution in [2.45, 2.75) is 44.6 Å². The van der Waals surface area contributed by atoms with Crippen molar-refractivity contribution in [3.8, 4) is 0 Å². The van der Waals surface area contributed by atoms with Gasteiger partial charge < -0.3 is 16.0 Å². The van der Waals surface area contributed by atoms with Crippen LogP contribution in [-0.2, 0) is 9.59 Å². The van der Waals surface area contributed by atoms with Crippen LogP contribution in [0.25, 0.3) is 0 Å². The number of likely N-dealkylation sites (tertiary alicyclic amines) is 1. The van der Waals surface area contributed by atoms with Gasteiger partial charge in [-0.2, -0.15) is 0 Å². The number of hydrogen-bond acceptors (Lipinski definition) is 4. The number of anilines is 2. The van der Waals surface area contributed by atoms with Crippen molar-refractivity contribution in [2.24, 2.45) is 5.92 Å². The summed E-state index contributed by atoms with van der Waals surface area (Å²) in [6.45, 7) is 2.55. The number of amides is 2. The Labute approximate surface area is 169 Å². The first-order valence-corrected chi connectivity index (χ1v) is 10.0. The Morgan fingerprint density at radius 1 is 1.17 bits per heavy atom. The minimum atomic E-state index is -0.695. The summed E-state index contributed by atoms with van der Waals surface area (Å²) in [4.78, 5) is 31.5. The first-order chi connectivity index (χ1) is 13.9. The Balaban J connectivity index is 1.52. The van der Waals surface area contributed by atoms with Crippen LogP contribution in [-0.4, -0.2) is 28.2 Å². The number of nitrogen functional groups attached to an aromatic ring is 1. The summed E-state index contributed by atoms with van der Waals surface area (Å²) in [5.41, 5.74) is 8.16. The standard InChI is InChI=1S/C22H25FN4O2/c1-13-2-9-19(15-5-7-16(23)8-6-15)27(12-13)22(29)21(28)26-17-10-18(14-3-4-14)20(24)25-11-17/h5-8,10-11,13-14,19H,2-4,9,12H2,1H3,(H2,24,25)(H,26,28)/t13-,19+/m0/s1. The lowest BCUT2D eigenvalue weighted by molar-refractivity contribution is -0.146. The number of carbonyl (C=O) groups excluding carboxylic acids is 2. The fourth-order valence-electron chi connectivity index (χ4n) is 4.01. The van der Waals surface area contributed by atoms with Crippen molar-refractivity contribution >= 4 is 23.3 Å². The number of halogens is 1. The van der Waals surface area contributed by atoms with E-state index < -0.39 is 11.8 Å². The van der Waals surface area contributed by atoms with Crippen LogP contribution in [0, 0.1) is 11.7 Å². The highest BCUT2D eigenvalue weighted by molar-refractivity contribution is 6.39. The zero-order valence-corrected chi connectivity index (χ0v) is 16.4. The predicted molar refractivity (Wildman–Crippen MR) is 109 cm³/mol. The summed E-state index contributed by atoms with van der Waals surface area (Å²) >= 11 is 0. The maximum Gasteiger partial charge on any atom is 0.313 e. The monoisotopic (exact) mass is 396 g/mol. The molecule has 7 heteroatoms. The van der Waals surface area contributed by atoms with E-state index in [0.29, 0.717) is 29.9 Å². The molecule has 29 heavy (non-hydrogen) atoms. The van der Waals surface area contributed by atoms with E-state index in [9.17, 15) is 14.0 Å². The Hall–Kier alpha value is -2.96. The van der Waals surface area contributed by atoms with E-state index in [1.807, 2.05) is 6.07 Å². The fourth-order valence-corrected chi connectivity index (χ4v) is 4.01. The minimum Gasteiger partial charge on any atom is -0.383 e. The van der Waals surface area contributed by atoms with Crippen LogP contribution in [0.3, 0.4) is 0 Å². The number of carbonyl (C=O) groups is 2. The molecule has 6 nitrogen and oxygen atoms in total. The predicted octanol–water partition coefficient (Wildman–Crippen LogP) is 3.62. The molecule has 1 saturated carbocycles. The molecule has 0 radical (unpaired) electrons. The van der Waals surface area contributed by atoms with Crippen molar-refractivity contribution in [1.29, 1.82) is 0 Å². The van der Waals surface area contributed by atoms with Crippen molar-refractivity contribution in [1.82, 2.24) is 9.88 Å². The van der Waals surface area contributed by atoms with Gasteiger partial charge in [0.15, 0.2) is 0 Å². The second-order valence-electron chi connectivity index (χ2n) is 8.13. The van der Waals surface area contributed by atoms with Crippen LogP contribution >= 0.6 is 0 Å². The lowest BCUT2D eigenvalue weighted by Gasteiger charge is -2.38. The van der Waals surface area contributed by atoms with Gasteiger partial charge >= 0.3 is 11.8 Å². The lowest BCUT2D eigenvalue weighted by atomic mass is 9.90. The SMILES string of the molecule is C[C@H]1CC[C@H](c2ccc(F)cc2)N(C(=O)C(=O)Nc2cnc(N)c(C3CC3)c2)C1. The van der Waals surface area contributed by atoms with Gasteiger partial charge in [0.05, 0.1) is 17.9 Å². The number of pyridine rings is 1. The van der Waals surface area contributed by atoms with Crippen LogP contribution in [0.2, 0.25) is 0 Å². The van der Waals surface area contributed by atoms with Crippen LogP contribution in [0.15, 0.2) is 36.5 Å². The van der Waals surface area contributed by atoms with E-state index in [0.717, 1.165) is 36.8 Å². The van der Waals surface area contributed by atoms with Gasteiger partial charge in [0.2, 0.25) is 0 Å². The molecule has 4 rings (SSSR count). The van der Waals surface area contributed by atoms with Gasteiger partial charge in [0, 0.05) is 6.54 Å². The molecule has 2 atom stereocenters. The Kier molecular flexibility index (Phi) is 5.22. The van der Waals surface area contributed by atoms with E-state index in [2.05, 4.69) is 17.2 Å². The first kappa shape index (κ1) is 19.4. The fraction of sp³-hybridized carbons (Fsp3) is 0.409. The average Bonchev–Trinajstić information content (AvgIpc) is 3.55. The molecule has 0 unspecified atom stereocenters. The summed E-state index contributed by atoms with van der Waals surface area (Å²) in [6, 6.07) is 7.70. The molecular formula is C22H25FN4O2. The van der Waals surface area contributed by atoms with E-state index in [1.54, 1.807) is 17.0 Å². The van der Waals surface area contributed by atoms with Gasteiger partial charge in [-0.25, -0.2) is 9.37 Å². The summed E-state index contributed by atoms with van der Waals surface area (Å²) < 4.78 is 13.3. The van der Waals surface area contributed by atoms with Gasteiger partial charge in [-0.1, -0.05) is 19.1 Å². The third-order valence-electron chi connectivity index (χ3n) is 5.75. The van der Waals surface area contributed by atoms with Crippen LogP contribution < -0.4 is 11.1 Å². The molecular weight excluding hydrogens is 371 g/mol.